The first-order valence-electron chi connectivity index (χ1n) is 7.69. The standard InChI is InChI=1S/C14H16F3N5O3/c15-14(16,17)13-19-18-10-1-2-11(20-22(10)13)21-5-3-9(4-6-21)7-25-8-12(23)24/h1-2,9H,3-8H2,(H,23,24). The summed E-state index contributed by atoms with van der Waals surface area (Å²) in [5, 5.41) is 19.2. The Bertz CT molecular complexity index is 756. The lowest BCUT2D eigenvalue weighted by Crippen LogP contribution is -2.36. The number of alkyl halides is 3. The van der Waals surface area contributed by atoms with Crippen molar-refractivity contribution in [2.24, 2.45) is 5.92 Å². The van der Waals surface area contributed by atoms with Crippen molar-refractivity contribution in [1.82, 2.24) is 19.8 Å². The lowest BCUT2D eigenvalue weighted by molar-refractivity contribution is -0.146. The van der Waals surface area contributed by atoms with Crippen LogP contribution in [-0.4, -0.2) is 57.2 Å². The molecule has 1 N–H and O–H groups in total. The number of hydrogen-bond donors (Lipinski definition) is 1. The maximum atomic E-state index is 12.9. The van der Waals surface area contributed by atoms with Gasteiger partial charge in [-0.3, -0.25) is 0 Å². The molecule has 2 aromatic heterocycles. The van der Waals surface area contributed by atoms with Crippen molar-refractivity contribution in [3.05, 3.63) is 18.0 Å². The summed E-state index contributed by atoms with van der Waals surface area (Å²) in [4.78, 5) is 12.3. The second kappa shape index (κ2) is 6.82. The van der Waals surface area contributed by atoms with Crippen molar-refractivity contribution in [3.63, 3.8) is 0 Å². The lowest BCUT2D eigenvalue weighted by Gasteiger charge is -2.32. The van der Waals surface area contributed by atoms with Gasteiger partial charge in [0, 0.05) is 13.1 Å². The number of rotatable bonds is 5. The molecule has 0 atom stereocenters. The molecule has 3 heterocycles. The highest BCUT2D eigenvalue weighted by atomic mass is 19.4. The van der Waals surface area contributed by atoms with Gasteiger partial charge in [0.25, 0.3) is 5.82 Å². The van der Waals surface area contributed by atoms with E-state index in [2.05, 4.69) is 15.3 Å². The van der Waals surface area contributed by atoms with Gasteiger partial charge in [-0.25, -0.2) is 4.79 Å². The van der Waals surface area contributed by atoms with E-state index in [1.807, 2.05) is 4.90 Å². The normalized spacial score (nSPS) is 16.5. The number of halogens is 3. The minimum atomic E-state index is -4.63. The maximum Gasteiger partial charge on any atom is 0.453 e. The second-order valence-electron chi connectivity index (χ2n) is 5.82. The van der Waals surface area contributed by atoms with Gasteiger partial charge in [0.05, 0.1) is 6.61 Å². The fourth-order valence-corrected chi connectivity index (χ4v) is 2.77. The summed E-state index contributed by atoms with van der Waals surface area (Å²) in [6.07, 6.45) is -3.14. The third-order valence-electron chi connectivity index (χ3n) is 4.02. The van der Waals surface area contributed by atoms with Crippen molar-refractivity contribution in [1.29, 1.82) is 0 Å². The first-order valence-corrected chi connectivity index (χ1v) is 7.69. The Labute approximate surface area is 140 Å². The summed E-state index contributed by atoms with van der Waals surface area (Å²) in [5.41, 5.74) is 0.0352. The topological polar surface area (TPSA) is 92.9 Å². The molecule has 0 saturated carbocycles. The van der Waals surface area contributed by atoms with Gasteiger partial charge >= 0.3 is 12.1 Å². The number of fused-ring (bicyclic) bond motifs is 1. The molecule has 0 unspecified atom stereocenters. The van der Waals surface area contributed by atoms with Crippen LogP contribution in [0.25, 0.3) is 5.65 Å². The quantitative estimate of drug-likeness (QED) is 0.864. The monoisotopic (exact) mass is 359 g/mol. The molecule has 0 radical (unpaired) electrons. The molecule has 25 heavy (non-hydrogen) atoms. The van der Waals surface area contributed by atoms with Crippen LogP contribution in [0.3, 0.4) is 0 Å². The zero-order valence-electron chi connectivity index (χ0n) is 13.1. The summed E-state index contributed by atoms with van der Waals surface area (Å²) in [6.45, 7) is 1.23. The van der Waals surface area contributed by atoms with E-state index in [1.165, 1.54) is 6.07 Å². The number of nitrogens with zero attached hydrogens (tertiary/aromatic N) is 5. The molecule has 0 aromatic carbocycles. The van der Waals surface area contributed by atoms with Gasteiger partial charge in [0.2, 0.25) is 0 Å². The number of ether oxygens (including phenoxy) is 1. The molecule has 0 aliphatic carbocycles. The van der Waals surface area contributed by atoms with Gasteiger partial charge in [-0.15, -0.1) is 15.3 Å². The van der Waals surface area contributed by atoms with Crippen LogP contribution in [0.15, 0.2) is 12.1 Å². The van der Waals surface area contributed by atoms with Gasteiger partial charge < -0.3 is 14.7 Å². The fraction of sp³-hybridized carbons (Fsp3) is 0.571. The number of carboxylic acids is 1. The molecule has 11 heteroatoms. The number of carbonyl (C=O) groups is 1. The summed E-state index contributed by atoms with van der Waals surface area (Å²) >= 11 is 0. The number of hydrogen-bond acceptors (Lipinski definition) is 6. The van der Waals surface area contributed by atoms with Crippen LogP contribution in [0.2, 0.25) is 0 Å². The fourth-order valence-electron chi connectivity index (χ4n) is 2.77. The van der Waals surface area contributed by atoms with Crippen LogP contribution >= 0.6 is 0 Å². The smallest absolute Gasteiger partial charge is 0.453 e. The Kier molecular flexibility index (Phi) is 4.75. The summed E-state index contributed by atoms with van der Waals surface area (Å²) in [6, 6.07) is 3.07. The average Bonchev–Trinajstić information content (AvgIpc) is 2.98. The van der Waals surface area contributed by atoms with Crippen LogP contribution in [0.1, 0.15) is 18.7 Å². The average molecular weight is 359 g/mol. The highest BCUT2D eigenvalue weighted by molar-refractivity contribution is 5.67. The SMILES string of the molecule is O=C(O)COCC1CCN(c2ccc3nnc(C(F)(F)F)n3n2)CC1. The van der Waals surface area contributed by atoms with Crippen LogP contribution in [0.5, 0.6) is 0 Å². The van der Waals surface area contributed by atoms with Crippen molar-refractivity contribution in [3.8, 4) is 0 Å². The van der Waals surface area contributed by atoms with E-state index in [9.17, 15) is 18.0 Å². The first kappa shape index (κ1) is 17.4. The van der Waals surface area contributed by atoms with E-state index >= 15 is 0 Å². The van der Waals surface area contributed by atoms with Crippen LogP contribution in [0, 0.1) is 5.92 Å². The zero-order valence-corrected chi connectivity index (χ0v) is 13.1. The first-order chi connectivity index (χ1) is 11.8. The van der Waals surface area contributed by atoms with Crippen LogP contribution in [0.4, 0.5) is 19.0 Å². The van der Waals surface area contributed by atoms with E-state index in [0.29, 0.717) is 30.0 Å². The summed E-state index contributed by atoms with van der Waals surface area (Å²) in [5.74, 6) is -1.52. The van der Waals surface area contributed by atoms with Crippen molar-refractivity contribution < 1.29 is 27.8 Å². The lowest BCUT2D eigenvalue weighted by atomic mass is 9.98. The Balaban J connectivity index is 1.66. The van der Waals surface area contributed by atoms with Gasteiger partial charge in [0.1, 0.15) is 12.4 Å². The van der Waals surface area contributed by atoms with Crippen molar-refractivity contribution in [2.45, 2.75) is 19.0 Å². The molecule has 0 bridgehead atoms. The minimum Gasteiger partial charge on any atom is -0.480 e. The Morgan fingerprint density at radius 3 is 2.64 bits per heavy atom. The predicted molar refractivity (Wildman–Crippen MR) is 79.2 cm³/mol. The molecule has 1 saturated heterocycles. The molecular weight excluding hydrogens is 343 g/mol. The molecule has 3 rings (SSSR count). The summed E-state index contributed by atoms with van der Waals surface area (Å²) in [7, 11) is 0. The number of carboxylic acid groups (broad SMARTS) is 1. The highest BCUT2D eigenvalue weighted by Gasteiger charge is 2.37. The van der Waals surface area contributed by atoms with Crippen molar-refractivity contribution >= 4 is 17.4 Å². The van der Waals surface area contributed by atoms with Gasteiger partial charge in [-0.1, -0.05) is 0 Å². The number of aromatic nitrogens is 4. The van der Waals surface area contributed by atoms with Gasteiger partial charge in [-0.05, 0) is 30.9 Å². The molecule has 8 nitrogen and oxygen atoms in total. The number of aliphatic carboxylic acids is 1. The molecule has 1 aliphatic heterocycles. The second-order valence-corrected chi connectivity index (χ2v) is 5.82. The minimum absolute atomic E-state index is 0.0352. The third-order valence-corrected chi connectivity index (χ3v) is 4.02. The third kappa shape index (κ3) is 3.98. The predicted octanol–water partition coefficient (Wildman–Crippen LogP) is 1.46. The van der Waals surface area contributed by atoms with Crippen molar-refractivity contribution in [2.75, 3.05) is 31.2 Å². The summed E-state index contributed by atoms with van der Waals surface area (Å²) < 4.78 is 44.6. The Morgan fingerprint density at radius 2 is 2.00 bits per heavy atom. The molecule has 0 amide bonds. The molecule has 1 aliphatic rings. The number of anilines is 1. The van der Waals surface area contributed by atoms with E-state index in [1.54, 1.807) is 6.07 Å². The molecule has 1 fully saturated rings. The van der Waals surface area contributed by atoms with E-state index < -0.39 is 18.0 Å². The highest BCUT2D eigenvalue weighted by Crippen LogP contribution is 2.28. The Morgan fingerprint density at radius 1 is 1.28 bits per heavy atom. The van der Waals surface area contributed by atoms with Gasteiger partial charge in [-0.2, -0.15) is 17.7 Å². The molecular formula is C14H16F3N5O3. The van der Waals surface area contributed by atoms with E-state index in [-0.39, 0.29) is 18.2 Å². The van der Waals surface area contributed by atoms with E-state index in [0.717, 1.165) is 12.8 Å². The largest absolute Gasteiger partial charge is 0.480 e. The molecule has 0 spiro atoms. The molecule has 2 aromatic rings. The number of piperidine rings is 1. The maximum absolute atomic E-state index is 12.9. The van der Waals surface area contributed by atoms with Crippen LogP contribution < -0.4 is 4.90 Å². The van der Waals surface area contributed by atoms with E-state index in [4.69, 9.17) is 9.84 Å². The zero-order chi connectivity index (χ0) is 18.0. The van der Waals surface area contributed by atoms with Gasteiger partial charge in [0.15, 0.2) is 5.65 Å². The Hall–Kier alpha value is -2.43. The van der Waals surface area contributed by atoms with Crippen LogP contribution in [-0.2, 0) is 15.7 Å². The molecule has 136 valence electrons.